The highest BCUT2D eigenvalue weighted by atomic mass is 19.4. The van der Waals surface area contributed by atoms with Crippen LogP contribution in [0.1, 0.15) is 46.8 Å². The number of alkyl halides is 6. The molecule has 5 aromatic rings. The number of amides is 1. The normalized spacial score (nSPS) is 12.3. The maximum absolute atomic E-state index is 14.2. The number of benzene rings is 4. The Kier molecular flexibility index (Phi) is 6.73. The predicted molar refractivity (Wildman–Crippen MR) is 141 cm³/mol. The van der Waals surface area contributed by atoms with Crippen LogP contribution in [0, 0.1) is 0 Å². The van der Waals surface area contributed by atoms with Crippen molar-refractivity contribution in [2.45, 2.75) is 32.1 Å². The standard InChI is InChI=1S/C30H22F6N2O2/c1-16(2)23-15-37-26-11-10-19(14-22(23)26)40-27-24(29(31,32)33)12-18(13-25(27)30(34,35)36)38-28(39)21-9-5-7-17-6-3-4-8-20(17)21/h3-16,37H,1-2H3,(H,38,39). The summed E-state index contributed by atoms with van der Waals surface area (Å²) in [6, 6.07) is 16.6. The van der Waals surface area contributed by atoms with E-state index in [2.05, 4.69) is 10.3 Å². The van der Waals surface area contributed by atoms with Gasteiger partial charge in [0.2, 0.25) is 0 Å². The van der Waals surface area contributed by atoms with Gasteiger partial charge in [-0.3, -0.25) is 4.79 Å². The van der Waals surface area contributed by atoms with Gasteiger partial charge in [-0.15, -0.1) is 0 Å². The minimum Gasteiger partial charge on any atom is -0.456 e. The van der Waals surface area contributed by atoms with Crippen LogP contribution in [0.4, 0.5) is 32.0 Å². The van der Waals surface area contributed by atoms with Crippen molar-refractivity contribution in [2.75, 3.05) is 5.32 Å². The molecule has 206 valence electrons. The predicted octanol–water partition coefficient (Wildman–Crippen LogP) is 9.53. The molecule has 0 saturated carbocycles. The number of aromatic nitrogens is 1. The van der Waals surface area contributed by atoms with E-state index in [0.29, 0.717) is 33.8 Å². The second kappa shape index (κ2) is 9.93. The number of fused-ring (bicyclic) bond motifs is 2. The van der Waals surface area contributed by atoms with Gasteiger partial charge in [-0.1, -0.05) is 50.2 Å². The number of carbonyl (C=O) groups excluding carboxylic acids is 1. The molecule has 0 aliphatic carbocycles. The summed E-state index contributed by atoms with van der Waals surface area (Å²) in [6.45, 7) is 3.82. The minimum absolute atomic E-state index is 0.0464. The molecule has 1 aromatic heterocycles. The molecule has 1 heterocycles. The molecule has 4 nitrogen and oxygen atoms in total. The topological polar surface area (TPSA) is 54.1 Å². The second-order valence-corrected chi connectivity index (χ2v) is 9.59. The van der Waals surface area contributed by atoms with E-state index in [1.54, 1.807) is 42.6 Å². The van der Waals surface area contributed by atoms with Crippen LogP contribution in [0.25, 0.3) is 21.7 Å². The highest BCUT2D eigenvalue weighted by molar-refractivity contribution is 6.13. The first-order valence-electron chi connectivity index (χ1n) is 12.2. The third kappa shape index (κ3) is 5.21. The number of nitrogens with one attached hydrogen (secondary N) is 2. The van der Waals surface area contributed by atoms with Crippen molar-refractivity contribution in [1.82, 2.24) is 4.98 Å². The fraction of sp³-hybridized carbons (Fsp3) is 0.167. The Balaban J connectivity index is 1.60. The van der Waals surface area contributed by atoms with Gasteiger partial charge in [0, 0.05) is 28.4 Å². The average molecular weight is 557 g/mol. The Morgan fingerprint density at radius 2 is 1.48 bits per heavy atom. The van der Waals surface area contributed by atoms with Crippen molar-refractivity contribution < 1.29 is 35.9 Å². The summed E-state index contributed by atoms with van der Waals surface area (Å²) in [7, 11) is 0. The molecule has 0 aliphatic heterocycles. The van der Waals surface area contributed by atoms with E-state index < -0.39 is 40.8 Å². The van der Waals surface area contributed by atoms with Crippen LogP contribution in [0.3, 0.4) is 0 Å². The molecule has 10 heteroatoms. The van der Waals surface area contributed by atoms with E-state index in [9.17, 15) is 31.1 Å². The van der Waals surface area contributed by atoms with Crippen molar-refractivity contribution in [3.05, 3.63) is 101 Å². The maximum atomic E-state index is 14.2. The van der Waals surface area contributed by atoms with E-state index in [0.717, 1.165) is 5.56 Å². The Labute approximate surface area is 224 Å². The fourth-order valence-electron chi connectivity index (χ4n) is 4.63. The summed E-state index contributed by atoms with van der Waals surface area (Å²) in [6.07, 6.45) is -8.72. The van der Waals surface area contributed by atoms with Gasteiger partial charge in [0.05, 0.1) is 0 Å². The van der Waals surface area contributed by atoms with Crippen molar-refractivity contribution in [3.63, 3.8) is 0 Å². The van der Waals surface area contributed by atoms with Crippen molar-refractivity contribution >= 4 is 33.3 Å². The molecule has 0 fully saturated rings. The third-order valence-electron chi connectivity index (χ3n) is 6.52. The molecule has 0 radical (unpaired) electrons. The first kappa shape index (κ1) is 27.1. The van der Waals surface area contributed by atoms with Crippen LogP contribution in [0.2, 0.25) is 0 Å². The largest absolute Gasteiger partial charge is 0.456 e. The SMILES string of the molecule is CC(C)c1c[nH]c2ccc(Oc3c(C(F)(F)F)cc(NC(=O)c4cccc5ccccc45)cc3C(F)(F)F)cc12. The lowest BCUT2D eigenvalue weighted by molar-refractivity contribution is -0.144. The molecular weight excluding hydrogens is 534 g/mol. The summed E-state index contributed by atoms with van der Waals surface area (Å²) in [5.74, 6) is -2.40. The minimum atomic E-state index is -5.23. The van der Waals surface area contributed by atoms with Crippen LogP contribution in [0.5, 0.6) is 11.5 Å². The van der Waals surface area contributed by atoms with E-state index in [1.165, 1.54) is 24.3 Å². The summed E-state index contributed by atoms with van der Waals surface area (Å²) in [5, 5.41) is 4.01. The highest BCUT2D eigenvalue weighted by Gasteiger charge is 2.43. The number of hydrogen-bond donors (Lipinski definition) is 2. The molecule has 4 aromatic carbocycles. The van der Waals surface area contributed by atoms with E-state index in [1.807, 2.05) is 13.8 Å². The zero-order valence-corrected chi connectivity index (χ0v) is 21.2. The lowest BCUT2D eigenvalue weighted by atomic mass is 10.0. The molecule has 5 rings (SSSR count). The molecular formula is C30H22F6N2O2. The monoisotopic (exact) mass is 556 g/mol. The summed E-state index contributed by atoms with van der Waals surface area (Å²) in [5.41, 5.74) is -2.43. The Hall–Kier alpha value is -4.47. The molecule has 2 N–H and O–H groups in total. The van der Waals surface area contributed by atoms with Crippen molar-refractivity contribution in [2.24, 2.45) is 0 Å². The highest BCUT2D eigenvalue weighted by Crippen LogP contribution is 2.48. The quantitative estimate of drug-likeness (QED) is 0.212. The Morgan fingerprint density at radius 1 is 0.825 bits per heavy atom. The van der Waals surface area contributed by atoms with Crippen LogP contribution >= 0.6 is 0 Å². The van der Waals surface area contributed by atoms with Crippen LogP contribution < -0.4 is 10.1 Å². The van der Waals surface area contributed by atoms with Crippen LogP contribution in [-0.2, 0) is 12.4 Å². The molecule has 0 saturated heterocycles. The average Bonchev–Trinajstić information content (AvgIpc) is 3.31. The van der Waals surface area contributed by atoms with Gasteiger partial charge in [0.1, 0.15) is 16.9 Å². The number of aromatic amines is 1. The molecule has 0 unspecified atom stereocenters. The van der Waals surface area contributed by atoms with Gasteiger partial charge in [-0.05, 0) is 58.7 Å². The summed E-state index contributed by atoms with van der Waals surface area (Å²) >= 11 is 0. The number of halogens is 6. The zero-order valence-electron chi connectivity index (χ0n) is 21.2. The summed E-state index contributed by atoms with van der Waals surface area (Å²) < 4.78 is 90.4. The lowest BCUT2D eigenvalue weighted by Gasteiger charge is -2.21. The summed E-state index contributed by atoms with van der Waals surface area (Å²) in [4.78, 5) is 16.0. The lowest BCUT2D eigenvalue weighted by Crippen LogP contribution is -2.18. The van der Waals surface area contributed by atoms with Gasteiger partial charge in [0.25, 0.3) is 5.91 Å². The van der Waals surface area contributed by atoms with E-state index in [4.69, 9.17) is 4.74 Å². The maximum Gasteiger partial charge on any atom is 0.420 e. The first-order valence-corrected chi connectivity index (χ1v) is 12.2. The Bertz CT molecular complexity index is 1690. The molecule has 0 spiro atoms. The molecule has 0 aliphatic rings. The van der Waals surface area contributed by atoms with Crippen LogP contribution in [0.15, 0.2) is 79.0 Å². The van der Waals surface area contributed by atoms with Crippen molar-refractivity contribution in [1.29, 1.82) is 0 Å². The Morgan fingerprint density at radius 3 is 2.12 bits per heavy atom. The van der Waals surface area contributed by atoms with Gasteiger partial charge >= 0.3 is 12.4 Å². The van der Waals surface area contributed by atoms with E-state index >= 15 is 0 Å². The van der Waals surface area contributed by atoms with Gasteiger partial charge in [-0.2, -0.15) is 26.3 Å². The van der Waals surface area contributed by atoms with Gasteiger partial charge < -0.3 is 15.0 Å². The molecule has 0 bridgehead atoms. The van der Waals surface area contributed by atoms with E-state index in [-0.39, 0.29) is 17.2 Å². The van der Waals surface area contributed by atoms with Gasteiger partial charge in [-0.25, -0.2) is 0 Å². The number of H-pyrrole nitrogens is 1. The molecule has 40 heavy (non-hydrogen) atoms. The van der Waals surface area contributed by atoms with Crippen LogP contribution in [-0.4, -0.2) is 10.9 Å². The third-order valence-corrected chi connectivity index (χ3v) is 6.52. The number of rotatable bonds is 5. The van der Waals surface area contributed by atoms with Gasteiger partial charge in [0.15, 0.2) is 5.75 Å². The smallest absolute Gasteiger partial charge is 0.420 e. The molecule has 0 atom stereocenters. The van der Waals surface area contributed by atoms with Crippen molar-refractivity contribution in [3.8, 4) is 11.5 Å². The number of hydrogen-bond acceptors (Lipinski definition) is 2. The first-order chi connectivity index (χ1) is 18.8. The number of anilines is 1. The number of carbonyl (C=O) groups is 1. The fourth-order valence-corrected chi connectivity index (χ4v) is 4.63. The zero-order chi connectivity index (χ0) is 28.8. The number of ether oxygens (including phenoxy) is 1. The molecule has 1 amide bonds. The second-order valence-electron chi connectivity index (χ2n) is 9.59.